The SMILES string of the molecule is CCOc1cc(Br)c2c(c1OCC)C(NC)CCC2. The lowest BCUT2D eigenvalue weighted by molar-refractivity contribution is 0.280. The second-order valence-electron chi connectivity index (χ2n) is 4.68. The fourth-order valence-electron chi connectivity index (χ4n) is 2.76. The standard InChI is InChI=1S/C15H22BrNO2/c1-4-18-13-9-11(16)10-7-6-8-12(17-3)14(10)15(13)19-5-2/h9,12,17H,4-8H2,1-3H3. The van der Waals surface area contributed by atoms with Crippen molar-refractivity contribution in [3.05, 3.63) is 21.7 Å². The fourth-order valence-corrected chi connectivity index (χ4v) is 3.38. The molecule has 1 aromatic carbocycles. The Labute approximate surface area is 123 Å². The molecule has 1 N–H and O–H groups in total. The van der Waals surface area contributed by atoms with Crippen LogP contribution in [0.4, 0.5) is 0 Å². The lowest BCUT2D eigenvalue weighted by Gasteiger charge is -2.29. The van der Waals surface area contributed by atoms with E-state index in [1.54, 1.807) is 0 Å². The van der Waals surface area contributed by atoms with E-state index in [-0.39, 0.29) is 0 Å². The van der Waals surface area contributed by atoms with E-state index in [1.807, 2.05) is 27.0 Å². The number of hydrogen-bond acceptors (Lipinski definition) is 3. The lowest BCUT2D eigenvalue weighted by atomic mass is 9.86. The van der Waals surface area contributed by atoms with Gasteiger partial charge in [0.15, 0.2) is 11.5 Å². The van der Waals surface area contributed by atoms with Gasteiger partial charge in [0, 0.05) is 16.1 Å². The molecule has 3 nitrogen and oxygen atoms in total. The van der Waals surface area contributed by atoms with Gasteiger partial charge in [-0.1, -0.05) is 15.9 Å². The monoisotopic (exact) mass is 327 g/mol. The summed E-state index contributed by atoms with van der Waals surface area (Å²) in [7, 11) is 2.01. The largest absolute Gasteiger partial charge is 0.490 e. The summed E-state index contributed by atoms with van der Waals surface area (Å²) in [5.74, 6) is 1.76. The Kier molecular flexibility index (Phi) is 5.11. The van der Waals surface area contributed by atoms with Crippen molar-refractivity contribution in [1.82, 2.24) is 5.32 Å². The van der Waals surface area contributed by atoms with E-state index in [4.69, 9.17) is 9.47 Å². The molecule has 0 radical (unpaired) electrons. The van der Waals surface area contributed by atoms with E-state index in [0.29, 0.717) is 19.3 Å². The molecule has 0 aromatic heterocycles. The van der Waals surface area contributed by atoms with Gasteiger partial charge in [0.25, 0.3) is 0 Å². The van der Waals surface area contributed by atoms with Crippen molar-refractivity contribution >= 4 is 15.9 Å². The molecule has 2 rings (SSSR count). The molecule has 1 atom stereocenters. The van der Waals surface area contributed by atoms with E-state index >= 15 is 0 Å². The quantitative estimate of drug-likeness (QED) is 0.891. The molecule has 1 aromatic rings. The average molecular weight is 328 g/mol. The summed E-state index contributed by atoms with van der Waals surface area (Å²) in [5, 5.41) is 3.40. The van der Waals surface area contributed by atoms with Crippen molar-refractivity contribution in [3.63, 3.8) is 0 Å². The van der Waals surface area contributed by atoms with Crippen molar-refractivity contribution in [3.8, 4) is 11.5 Å². The van der Waals surface area contributed by atoms with Crippen LogP contribution in [0, 0.1) is 0 Å². The van der Waals surface area contributed by atoms with Crippen molar-refractivity contribution in [2.24, 2.45) is 0 Å². The van der Waals surface area contributed by atoms with Crippen LogP contribution < -0.4 is 14.8 Å². The first kappa shape index (κ1) is 14.7. The first-order valence-electron chi connectivity index (χ1n) is 7.01. The van der Waals surface area contributed by atoms with Gasteiger partial charge in [0.1, 0.15) is 0 Å². The van der Waals surface area contributed by atoms with Crippen LogP contribution in [-0.4, -0.2) is 20.3 Å². The smallest absolute Gasteiger partial charge is 0.166 e. The molecule has 0 bridgehead atoms. The lowest BCUT2D eigenvalue weighted by Crippen LogP contribution is -2.23. The van der Waals surface area contributed by atoms with Gasteiger partial charge in [0.05, 0.1) is 13.2 Å². The van der Waals surface area contributed by atoms with Crippen molar-refractivity contribution in [1.29, 1.82) is 0 Å². The first-order chi connectivity index (χ1) is 9.22. The van der Waals surface area contributed by atoms with Gasteiger partial charge in [-0.15, -0.1) is 0 Å². The summed E-state index contributed by atoms with van der Waals surface area (Å²) >= 11 is 3.68. The molecular weight excluding hydrogens is 306 g/mol. The maximum Gasteiger partial charge on any atom is 0.166 e. The number of halogens is 1. The molecule has 0 fully saturated rings. The topological polar surface area (TPSA) is 30.5 Å². The zero-order valence-electron chi connectivity index (χ0n) is 11.9. The van der Waals surface area contributed by atoms with Gasteiger partial charge in [-0.2, -0.15) is 0 Å². The Hall–Kier alpha value is -0.740. The highest BCUT2D eigenvalue weighted by Gasteiger charge is 2.27. The van der Waals surface area contributed by atoms with Crippen molar-refractivity contribution < 1.29 is 9.47 Å². The molecule has 19 heavy (non-hydrogen) atoms. The molecule has 0 saturated heterocycles. The summed E-state index contributed by atoms with van der Waals surface area (Å²) in [6.45, 7) is 5.32. The third-order valence-corrected chi connectivity index (χ3v) is 4.25. The molecule has 0 spiro atoms. The molecular formula is C15H22BrNO2. The van der Waals surface area contributed by atoms with Crippen molar-refractivity contribution in [2.75, 3.05) is 20.3 Å². The summed E-state index contributed by atoms with van der Waals surface area (Å²) in [5.41, 5.74) is 2.63. The van der Waals surface area contributed by atoms with Gasteiger partial charge in [-0.3, -0.25) is 0 Å². The highest BCUT2D eigenvalue weighted by atomic mass is 79.9. The van der Waals surface area contributed by atoms with Crippen LogP contribution in [0.3, 0.4) is 0 Å². The fraction of sp³-hybridized carbons (Fsp3) is 0.600. The van der Waals surface area contributed by atoms with Crippen LogP contribution in [0.1, 0.15) is 43.9 Å². The normalized spacial score (nSPS) is 18.0. The number of nitrogens with one attached hydrogen (secondary N) is 1. The van der Waals surface area contributed by atoms with Crippen LogP contribution >= 0.6 is 15.9 Å². The first-order valence-corrected chi connectivity index (χ1v) is 7.80. The minimum Gasteiger partial charge on any atom is -0.490 e. The highest BCUT2D eigenvalue weighted by Crippen LogP contribution is 2.45. The number of fused-ring (bicyclic) bond motifs is 1. The van der Waals surface area contributed by atoms with Crippen LogP contribution in [-0.2, 0) is 6.42 Å². The van der Waals surface area contributed by atoms with Gasteiger partial charge < -0.3 is 14.8 Å². The number of ether oxygens (including phenoxy) is 2. The van der Waals surface area contributed by atoms with Crippen LogP contribution in [0.25, 0.3) is 0 Å². The molecule has 4 heteroatoms. The van der Waals surface area contributed by atoms with Gasteiger partial charge >= 0.3 is 0 Å². The second-order valence-corrected chi connectivity index (χ2v) is 5.53. The Morgan fingerprint density at radius 1 is 1.32 bits per heavy atom. The minimum atomic E-state index is 0.349. The predicted molar refractivity (Wildman–Crippen MR) is 81.2 cm³/mol. The van der Waals surface area contributed by atoms with E-state index in [1.165, 1.54) is 17.5 Å². The predicted octanol–water partition coefficient (Wildman–Crippen LogP) is 3.84. The van der Waals surface area contributed by atoms with Gasteiger partial charge in [0.2, 0.25) is 0 Å². The second kappa shape index (κ2) is 6.62. The van der Waals surface area contributed by atoms with Crippen molar-refractivity contribution in [2.45, 2.75) is 39.2 Å². The molecule has 1 aliphatic carbocycles. The maximum absolute atomic E-state index is 5.89. The highest BCUT2D eigenvalue weighted by molar-refractivity contribution is 9.10. The third-order valence-electron chi connectivity index (χ3n) is 3.54. The Balaban J connectivity index is 2.57. The zero-order valence-corrected chi connectivity index (χ0v) is 13.5. The van der Waals surface area contributed by atoms with Gasteiger partial charge in [-0.05, 0) is 51.8 Å². The third kappa shape index (κ3) is 2.90. The van der Waals surface area contributed by atoms with E-state index in [0.717, 1.165) is 28.8 Å². The summed E-state index contributed by atoms with van der Waals surface area (Å²) in [6.07, 6.45) is 3.45. The zero-order chi connectivity index (χ0) is 13.8. The summed E-state index contributed by atoms with van der Waals surface area (Å²) in [4.78, 5) is 0. The molecule has 106 valence electrons. The Bertz CT molecular complexity index is 448. The number of benzene rings is 1. The van der Waals surface area contributed by atoms with E-state index in [9.17, 15) is 0 Å². The molecule has 1 unspecified atom stereocenters. The Morgan fingerprint density at radius 3 is 2.68 bits per heavy atom. The minimum absolute atomic E-state index is 0.349. The van der Waals surface area contributed by atoms with Crippen LogP contribution in [0.2, 0.25) is 0 Å². The Morgan fingerprint density at radius 2 is 2.05 bits per heavy atom. The summed E-state index contributed by atoms with van der Waals surface area (Å²) < 4.78 is 12.8. The molecule has 0 amide bonds. The average Bonchev–Trinajstić information content (AvgIpc) is 2.42. The molecule has 0 heterocycles. The molecule has 0 aliphatic heterocycles. The summed E-state index contributed by atoms with van der Waals surface area (Å²) in [6, 6.07) is 2.40. The molecule has 0 saturated carbocycles. The maximum atomic E-state index is 5.89. The van der Waals surface area contributed by atoms with Crippen LogP contribution in [0.15, 0.2) is 10.5 Å². The van der Waals surface area contributed by atoms with E-state index in [2.05, 4.69) is 21.2 Å². The van der Waals surface area contributed by atoms with E-state index < -0.39 is 0 Å². The number of hydrogen-bond donors (Lipinski definition) is 1. The van der Waals surface area contributed by atoms with Gasteiger partial charge in [-0.25, -0.2) is 0 Å². The molecule has 1 aliphatic rings. The van der Waals surface area contributed by atoms with Crippen LogP contribution in [0.5, 0.6) is 11.5 Å². The number of rotatable bonds is 5.